The van der Waals surface area contributed by atoms with Crippen LogP contribution in [0.3, 0.4) is 0 Å². The lowest BCUT2D eigenvalue weighted by molar-refractivity contribution is 0.0438. The number of pyridine rings is 1. The number of nitrogens with two attached hydrogens (primary N) is 1. The lowest BCUT2D eigenvalue weighted by atomic mass is 10.1. The quantitative estimate of drug-likeness (QED) is 0.881. The lowest BCUT2D eigenvalue weighted by Crippen LogP contribution is -2.16. The predicted molar refractivity (Wildman–Crippen MR) is 67.2 cm³/mol. The number of hydrogen-bond acceptors (Lipinski definition) is 3. The second-order valence-electron chi connectivity index (χ2n) is 3.91. The molecule has 0 aliphatic rings. The zero-order valence-electron chi connectivity index (χ0n) is 9.92. The second-order valence-corrected chi connectivity index (χ2v) is 3.91. The van der Waals surface area contributed by atoms with Gasteiger partial charge in [-0.05, 0) is 12.1 Å². The maximum atomic E-state index is 13.4. The normalized spacial score (nSPS) is 12.3. The highest BCUT2D eigenvalue weighted by atomic mass is 19.1. The molecule has 0 bridgehead atoms. The van der Waals surface area contributed by atoms with Crippen LogP contribution in [0.5, 0.6) is 0 Å². The summed E-state index contributed by atoms with van der Waals surface area (Å²) in [5.74, 6) is -0.264. The van der Waals surface area contributed by atoms with Gasteiger partial charge in [0.25, 0.3) is 0 Å². The van der Waals surface area contributed by atoms with Gasteiger partial charge in [0, 0.05) is 30.1 Å². The number of ether oxygens (including phenoxy) is 1. The molecule has 2 aromatic rings. The zero-order valence-corrected chi connectivity index (χ0v) is 9.92. The molecule has 0 aliphatic heterocycles. The Bertz CT molecular complexity index is 490. The molecule has 0 radical (unpaired) electrons. The van der Waals surface area contributed by atoms with E-state index in [2.05, 4.69) is 4.98 Å². The van der Waals surface area contributed by atoms with Gasteiger partial charge in [0.15, 0.2) is 0 Å². The molecule has 2 rings (SSSR count). The first-order valence-electron chi connectivity index (χ1n) is 5.76. The molecular weight excluding hydrogens is 231 g/mol. The van der Waals surface area contributed by atoms with Gasteiger partial charge in [-0.1, -0.05) is 24.3 Å². The van der Waals surface area contributed by atoms with E-state index < -0.39 is 0 Å². The summed E-state index contributed by atoms with van der Waals surface area (Å²) in [4.78, 5) is 4.02. The molecule has 3 nitrogen and oxygen atoms in total. The van der Waals surface area contributed by atoms with Gasteiger partial charge in [-0.25, -0.2) is 4.39 Å². The number of nitrogens with zero attached hydrogens (tertiary/aromatic N) is 1. The maximum absolute atomic E-state index is 13.4. The third-order valence-corrected chi connectivity index (χ3v) is 2.67. The molecule has 18 heavy (non-hydrogen) atoms. The fourth-order valence-corrected chi connectivity index (χ4v) is 1.67. The fourth-order valence-electron chi connectivity index (χ4n) is 1.67. The summed E-state index contributed by atoms with van der Waals surface area (Å²) in [6.07, 6.45) is 3.13. The summed E-state index contributed by atoms with van der Waals surface area (Å²) in [6, 6.07) is 10.3. The molecule has 1 heterocycles. The Hall–Kier alpha value is -1.78. The highest BCUT2D eigenvalue weighted by molar-refractivity contribution is 5.17. The monoisotopic (exact) mass is 246 g/mol. The third kappa shape index (κ3) is 3.12. The van der Waals surface area contributed by atoms with Gasteiger partial charge in [-0.2, -0.15) is 0 Å². The molecule has 0 spiro atoms. The number of aromatic nitrogens is 1. The Kier molecular flexibility index (Phi) is 4.39. The molecular formula is C14H15FN2O. The van der Waals surface area contributed by atoms with Crippen LogP contribution >= 0.6 is 0 Å². The molecule has 0 saturated carbocycles. The van der Waals surface area contributed by atoms with Gasteiger partial charge in [0.1, 0.15) is 5.82 Å². The Balaban J connectivity index is 2.02. The van der Waals surface area contributed by atoms with Crippen LogP contribution in [0.25, 0.3) is 0 Å². The van der Waals surface area contributed by atoms with Gasteiger partial charge in [-0.15, -0.1) is 0 Å². The maximum Gasteiger partial charge on any atom is 0.128 e. The summed E-state index contributed by atoms with van der Waals surface area (Å²) >= 11 is 0. The van der Waals surface area contributed by atoms with E-state index in [-0.39, 0.29) is 18.5 Å². The molecule has 4 heteroatoms. The van der Waals surface area contributed by atoms with E-state index in [1.54, 1.807) is 30.6 Å². The van der Waals surface area contributed by atoms with Crippen molar-refractivity contribution in [3.63, 3.8) is 0 Å². The highest BCUT2D eigenvalue weighted by Crippen LogP contribution is 2.18. The summed E-state index contributed by atoms with van der Waals surface area (Å²) in [5.41, 5.74) is 7.09. The fraction of sp³-hybridized carbons (Fsp3) is 0.214. The van der Waals surface area contributed by atoms with Crippen LogP contribution in [-0.2, 0) is 11.3 Å². The van der Waals surface area contributed by atoms with Gasteiger partial charge < -0.3 is 10.5 Å². The van der Waals surface area contributed by atoms with E-state index in [1.807, 2.05) is 12.1 Å². The first-order valence-corrected chi connectivity index (χ1v) is 5.76. The molecule has 94 valence electrons. The Labute approximate surface area is 105 Å². The molecule has 0 aliphatic carbocycles. The summed E-state index contributed by atoms with van der Waals surface area (Å²) in [7, 11) is 0. The van der Waals surface area contributed by atoms with E-state index in [1.165, 1.54) is 6.07 Å². The average molecular weight is 246 g/mol. The molecule has 0 fully saturated rings. The summed E-state index contributed by atoms with van der Waals surface area (Å²) < 4.78 is 19.1. The minimum absolute atomic E-state index is 0.198. The summed E-state index contributed by atoms with van der Waals surface area (Å²) in [6.45, 7) is 0.531. The largest absolute Gasteiger partial charge is 0.367 e. The predicted octanol–water partition coefficient (Wildman–Crippen LogP) is 2.44. The van der Waals surface area contributed by atoms with Crippen molar-refractivity contribution in [3.05, 3.63) is 65.7 Å². The molecule has 0 saturated heterocycles. The van der Waals surface area contributed by atoms with Gasteiger partial charge in [0.2, 0.25) is 0 Å². The van der Waals surface area contributed by atoms with Crippen molar-refractivity contribution in [1.82, 2.24) is 4.98 Å². The van der Waals surface area contributed by atoms with Crippen molar-refractivity contribution < 1.29 is 9.13 Å². The van der Waals surface area contributed by atoms with Crippen LogP contribution in [0.2, 0.25) is 0 Å². The van der Waals surface area contributed by atoms with Gasteiger partial charge in [-0.3, -0.25) is 4.98 Å². The van der Waals surface area contributed by atoms with E-state index in [0.717, 1.165) is 5.56 Å². The van der Waals surface area contributed by atoms with Crippen LogP contribution < -0.4 is 5.73 Å². The highest BCUT2D eigenvalue weighted by Gasteiger charge is 2.11. The van der Waals surface area contributed by atoms with Gasteiger partial charge >= 0.3 is 0 Å². The van der Waals surface area contributed by atoms with Crippen LogP contribution in [0.15, 0.2) is 48.8 Å². The topological polar surface area (TPSA) is 48.1 Å². The standard InChI is InChI=1S/C14H15FN2O/c15-13-6-2-1-4-12(13)10-18-14(8-16)11-5-3-7-17-9-11/h1-7,9,14H,8,10,16H2. The van der Waals surface area contributed by atoms with Crippen molar-refractivity contribution in [1.29, 1.82) is 0 Å². The average Bonchev–Trinajstić information content (AvgIpc) is 2.42. The van der Waals surface area contributed by atoms with E-state index in [4.69, 9.17) is 10.5 Å². The number of benzene rings is 1. The van der Waals surface area contributed by atoms with Gasteiger partial charge in [0.05, 0.1) is 12.7 Å². The van der Waals surface area contributed by atoms with E-state index in [9.17, 15) is 4.39 Å². The Morgan fingerprint density at radius 2 is 2.06 bits per heavy atom. The van der Waals surface area contributed by atoms with Crippen molar-refractivity contribution >= 4 is 0 Å². The first kappa shape index (κ1) is 12.7. The Morgan fingerprint density at radius 3 is 2.72 bits per heavy atom. The van der Waals surface area contributed by atoms with Crippen LogP contribution in [0.1, 0.15) is 17.2 Å². The number of hydrogen-bond donors (Lipinski definition) is 1. The smallest absolute Gasteiger partial charge is 0.128 e. The molecule has 1 unspecified atom stereocenters. The third-order valence-electron chi connectivity index (χ3n) is 2.67. The zero-order chi connectivity index (χ0) is 12.8. The molecule has 2 N–H and O–H groups in total. The molecule has 1 aromatic carbocycles. The van der Waals surface area contributed by atoms with E-state index >= 15 is 0 Å². The van der Waals surface area contributed by atoms with Crippen LogP contribution in [0.4, 0.5) is 4.39 Å². The molecule has 1 aromatic heterocycles. The van der Waals surface area contributed by atoms with Crippen LogP contribution in [0, 0.1) is 5.82 Å². The van der Waals surface area contributed by atoms with Crippen molar-refractivity contribution in [3.8, 4) is 0 Å². The molecule has 0 amide bonds. The van der Waals surface area contributed by atoms with E-state index in [0.29, 0.717) is 12.1 Å². The number of rotatable bonds is 5. The first-order chi connectivity index (χ1) is 8.81. The lowest BCUT2D eigenvalue weighted by Gasteiger charge is -2.16. The molecule has 1 atom stereocenters. The summed E-state index contributed by atoms with van der Waals surface area (Å²) in [5, 5.41) is 0. The van der Waals surface area contributed by atoms with Crippen molar-refractivity contribution in [2.45, 2.75) is 12.7 Å². The number of halogens is 1. The van der Waals surface area contributed by atoms with Crippen LogP contribution in [-0.4, -0.2) is 11.5 Å². The SMILES string of the molecule is NCC(OCc1ccccc1F)c1cccnc1. The van der Waals surface area contributed by atoms with Crippen molar-refractivity contribution in [2.75, 3.05) is 6.54 Å². The Morgan fingerprint density at radius 1 is 1.22 bits per heavy atom. The van der Waals surface area contributed by atoms with Crippen molar-refractivity contribution in [2.24, 2.45) is 5.73 Å². The minimum Gasteiger partial charge on any atom is -0.367 e. The minimum atomic E-state index is -0.265. The second kappa shape index (κ2) is 6.23.